The molecule has 0 aliphatic heterocycles. The monoisotopic (exact) mass is 372 g/mol. The summed E-state index contributed by atoms with van der Waals surface area (Å²) >= 11 is 4.32. The van der Waals surface area contributed by atoms with Crippen molar-refractivity contribution in [2.45, 2.75) is 17.1 Å². The zero-order chi connectivity index (χ0) is 15.4. The first kappa shape index (κ1) is 16.0. The molecule has 110 valence electrons. The van der Waals surface area contributed by atoms with E-state index in [4.69, 9.17) is 5.11 Å². The number of benzene rings is 2. The van der Waals surface area contributed by atoms with E-state index in [1.807, 2.05) is 0 Å². The van der Waals surface area contributed by atoms with Crippen molar-refractivity contribution in [2.75, 3.05) is 0 Å². The number of rotatable bonds is 5. The molecule has 0 aliphatic carbocycles. The minimum Gasteiger partial charge on any atom is -0.481 e. The second-order valence-electron chi connectivity index (χ2n) is 4.32. The summed E-state index contributed by atoms with van der Waals surface area (Å²) < 4.78 is 27.6. The quantitative estimate of drug-likeness (QED) is 0.613. The number of halogens is 3. The summed E-state index contributed by atoms with van der Waals surface area (Å²) in [7, 11) is 0. The van der Waals surface area contributed by atoms with Crippen LogP contribution in [0.2, 0.25) is 0 Å². The minimum absolute atomic E-state index is 0.0176. The number of carbonyl (C=O) groups is 1. The van der Waals surface area contributed by atoms with Crippen LogP contribution >= 0.6 is 27.7 Å². The molecule has 1 N–H and O–H groups in total. The predicted molar refractivity (Wildman–Crippen MR) is 81.4 cm³/mol. The van der Waals surface area contributed by atoms with Crippen LogP contribution in [0.25, 0.3) is 0 Å². The van der Waals surface area contributed by atoms with Gasteiger partial charge >= 0.3 is 5.97 Å². The largest absolute Gasteiger partial charge is 0.481 e. The third-order valence-electron chi connectivity index (χ3n) is 2.80. The SMILES string of the molecule is O=C(O)Cc1ccc(SCc2c(F)ccc(Br)c2F)cc1. The van der Waals surface area contributed by atoms with Crippen molar-refractivity contribution in [1.82, 2.24) is 0 Å². The molecule has 0 aromatic heterocycles. The Kier molecular flexibility index (Phi) is 5.36. The lowest BCUT2D eigenvalue weighted by Gasteiger charge is -2.07. The molecule has 6 heteroatoms. The van der Waals surface area contributed by atoms with E-state index in [0.717, 1.165) is 4.90 Å². The average Bonchev–Trinajstić information content (AvgIpc) is 2.44. The van der Waals surface area contributed by atoms with E-state index in [9.17, 15) is 13.6 Å². The summed E-state index contributed by atoms with van der Waals surface area (Å²) in [4.78, 5) is 11.4. The molecule has 0 fully saturated rings. The molecule has 0 saturated carbocycles. The summed E-state index contributed by atoms with van der Waals surface area (Å²) in [6.07, 6.45) is -0.0418. The molecule has 0 unspecified atom stereocenters. The van der Waals surface area contributed by atoms with Gasteiger partial charge in [0.15, 0.2) is 0 Å². The van der Waals surface area contributed by atoms with Gasteiger partial charge in [-0.2, -0.15) is 0 Å². The molecule has 2 nitrogen and oxygen atoms in total. The summed E-state index contributed by atoms with van der Waals surface area (Å²) in [5.74, 6) is -1.90. The number of carboxylic acids is 1. The summed E-state index contributed by atoms with van der Waals surface area (Å²) in [6.45, 7) is 0. The van der Waals surface area contributed by atoms with E-state index in [-0.39, 0.29) is 22.2 Å². The van der Waals surface area contributed by atoms with Crippen LogP contribution < -0.4 is 0 Å². The maximum atomic E-state index is 13.8. The van der Waals surface area contributed by atoms with Gasteiger partial charge in [-0.25, -0.2) is 8.78 Å². The van der Waals surface area contributed by atoms with E-state index in [2.05, 4.69) is 15.9 Å². The third-order valence-corrected chi connectivity index (χ3v) is 4.45. The van der Waals surface area contributed by atoms with Crippen LogP contribution in [0.3, 0.4) is 0 Å². The molecule has 0 saturated heterocycles. The van der Waals surface area contributed by atoms with Gasteiger partial charge in [-0.1, -0.05) is 12.1 Å². The van der Waals surface area contributed by atoms with E-state index < -0.39 is 17.6 Å². The van der Waals surface area contributed by atoms with Gasteiger partial charge in [0.1, 0.15) is 11.6 Å². The zero-order valence-electron chi connectivity index (χ0n) is 10.8. The molecule has 0 bridgehead atoms. The fourth-order valence-electron chi connectivity index (χ4n) is 1.74. The normalized spacial score (nSPS) is 10.6. The number of aliphatic carboxylic acids is 1. The van der Waals surface area contributed by atoms with E-state index in [1.165, 1.54) is 23.9 Å². The molecule has 0 heterocycles. The number of thioether (sulfide) groups is 1. The van der Waals surface area contributed by atoms with E-state index in [0.29, 0.717) is 5.56 Å². The smallest absolute Gasteiger partial charge is 0.307 e. The number of hydrogen-bond donors (Lipinski definition) is 1. The highest BCUT2D eigenvalue weighted by Gasteiger charge is 2.12. The first-order valence-electron chi connectivity index (χ1n) is 6.03. The second-order valence-corrected chi connectivity index (χ2v) is 6.23. The van der Waals surface area contributed by atoms with Crippen molar-refractivity contribution in [3.63, 3.8) is 0 Å². The highest BCUT2D eigenvalue weighted by molar-refractivity contribution is 9.10. The van der Waals surface area contributed by atoms with Gasteiger partial charge in [-0.15, -0.1) is 11.8 Å². The third kappa shape index (κ3) is 4.28. The van der Waals surface area contributed by atoms with Crippen LogP contribution in [0.15, 0.2) is 45.8 Å². The molecular formula is C15H11BrF2O2S. The summed E-state index contributed by atoms with van der Waals surface area (Å²) in [5, 5.41) is 8.68. The van der Waals surface area contributed by atoms with Crippen LogP contribution in [-0.4, -0.2) is 11.1 Å². The van der Waals surface area contributed by atoms with Gasteiger partial charge in [0.05, 0.1) is 10.9 Å². The van der Waals surface area contributed by atoms with Crippen molar-refractivity contribution in [3.05, 3.63) is 63.6 Å². The van der Waals surface area contributed by atoms with E-state index >= 15 is 0 Å². The van der Waals surface area contributed by atoms with Crippen LogP contribution in [0.5, 0.6) is 0 Å². The Labute approximate surface area is 133 Å². The van der Waals surface area contributed by atoms with Gasteiger partial charge in [0.2, 0.25) is 0 Å². The highest BCUT2D eigenvalue weighted by Crippen LogP contribution is 2.29. The lowest BCUT2D eigenvalue weighted by molar-refractivity contribution is -0.136. The van der Waals surface area contributed by atoms with Gasteiger partial charge in [0, 0.05) is 16.2 Å². The summed E-state index contributed by atoms with van der Waals surface area (Å²) in [6, 6.07) is 9.44. The van der Waals surface area contributed by atoms with Gasteiger partial charge in [0.25, 0.3) is 0 Å². The molecule has 0 amide bonds. The predicted octanol–water partition coefficient (Wildman–Crippen LogP) is 4.65. The first-order valence-corrected chi connectivity index (χ1v) is 7.81. The van der Waals surface area contributed by atoms with Crippen LogP contribution in [0, 0.1) is 11.6 Å². The minimum atomic E-state index is -0.895. The van der Waals surface area contributed by atoms with Crippen molar-refractivity contribution < 1.29 is 18.7 Å². The molecule has 2 aromatic rings. The first-order chi connectivity index (χ1) is 9.97. The van der Waals surface area contributed by atoms with Crippen LogP contribution in [0.1, 0.15) is 11.1 Å². The Bertz CT molecular complexity index is 659. The zero-order valence-corrected chi connectivity index (χ0v) is 13.2. The van der Waals surface area contributed by atoms with Crippen LogP contribution in [-0.2, 0) is 17.0 Å². The van der Waals surface area contributed by atoms with Crippen LogP contribution in [0.4, 0.5) is 8.78 Å². The standard InChI is InChI=1S/C15H11BrF2O2S/c16-12-5-6-13(17)11(15(12)18)8-21-10-3-1-9(2-4-10)7-14(19)20/h1-6H,7-8H2,(H,19,20). The van der Waals surface area contributed by atoms with Gasteiger partial charge in [-0.3, -0.25) is 4.79 Å². The lowest BCUT2D eigenvalue weighted by atomic mass is 10.2. The van der Waals surface area contributed by atoms with Gasteiger partial charge < -0.3 is 5.11 Å². The summed E-state index contributed by atoms with van der Waals surface area (Å²) in [5.41, 5.74) is 0.704. The molecule has 21 heavy (non-hydrogen) atoms. The van der Waals surface area contributed by atoms with Crippen molar-refractivity contribution in [2.24, 2.45) is 0 Å². The molecule has 2 rings (SSSR count). The lowest BCUT2D eigenvalue weighted by Crippen LogP contribution is -1.99. The van der Waals surface area contributed by atoms with Crippen molar-refractivity contribution in [1.29, 1.82) is 0 Å². The molecule has 0 aliphatic rings. The fraction of sp³-hybridized carbons (Fsp3) is 0.133. The van der Waals surface area contributed by atoms with Crippen molar-refractivity contribution >= 4 is 33.7 Å². The average molecular weight is 373 g/mol. The maximum Gasteiger partial charge on any atom is 0.307 e. The van der Waals surface area contributed by atoms with Gasteiger partial charge in [-0.05, 0) is 45.8 Å². The van der Waals surface area contributed by atoms with E-state index in [1.54, 1.807) is 24.3 Å². The molecule has 0 radical (unpaired) electrons. The second kappa shape index (κ2) is 7.04. The maximum absolute atomic E-state index is 13.8. The fourth-order valence-corrected chi connectivity index (χ4v) is 3.01. The van der Waals surface area contributed by atoms with Crippen molar-refractivity contribution in [3.8, 4) is 0 Å². The molecule has 2 aromatic carbocycles. The molecule has 0 atom stereocenters. The Morgan fingerprint density at radius 1 is 1.14 bits per heavy atom. The Hall–Kier alpha value is -1.40. The molecule has 0 spiro atoms. The Morgan fingerprint density at radius 3 is 2.43 bits per heavy atom. The number of hydrogen-bond acceptors (Lipinski definition) is 2. The topological polar surface area (TPSA) is 37.3 Å². The Morgan fingerprint density at radius 2 is 1.81 bits per heavy atom. The number of carboxylic acid groups (broad SMARTS) is 1. The highest BCUT2D eigenvalue weighted by atomic mass is 79.9. The Balaban J connectivity index is 2.07. The molecular weight excluding hydrogens is 362 g/mol.